The molecule has 2 aromatic heterocycles. The van der Waals surface area contributed by atoms with Crippen molar-refractivity contribution in [1.82, 2.24) is 24.4 Å². The van der Waals surface area contributed by atoms with E-state index in [9.17, 15) is 19.5 Å². The Bertz CT molecular complexity index is 1200. The van der Waals surface area contributed by atoms with Crippen molar-refractivity contribution in [3.8, 4) is 5.88 Å². The molecule has 3 aliphatic rings. The number of fused-ring (bicyclic) bond motifs is 2. The van der Waals surface area contributed by atoms with Gasteiger partial charge in [-0.2, -0.15) is 9.61 Å². The van der Waals surface area contributed by atoms with Gasteiger partial charge in [-0.05, 0) is 50.5 Å². The van der Waals surface area contributed by atoms with Crippen LogP contribution in [0.25, 0.3) is 11.7 Å². The van der Waals surface area contributed by atoms with E-state index in [1.165, 1.54) is 10.6 Å². The van der Waals surface area contributed by atoms with E-state index in [2.05, 4.69) is 10.4 Å². The van der Waals surface area contributed by atoms with Crippen LogP contribution in [0.5, 0.6) is 5.88 Å². The molecule has 1 saturated heterocycles. The molecule has 3 fully saturated rings. The van der Waals surface area contributed by atoms with E-state index in [0.29, 0.717) is 35.4 Å². The third-order valence-corrected chi connectivity index (χ3v) is 6.61. The van der Waals surface area contributed by atoms with Gasteiger partial charge < -0.3 is 15.3 Å². The van der Waals surface area contributed by atoms with Crippen molar-refractivity contribution < 1.29 is 14.7 Å². The van der Waals surface area contributed by atoms with Gasteiger partial charge in [0.25, 0.3) is 11.5 Å². The van der Waals surface area contributed by atoms with Gasteiger partial charge in [0, 0.05) is 36.8 Å². The van der Waals surface area contributed by atoms with Crippen molar-refractivity contribution in [2.45, 2.75) is 65.1 Å². The van der Waals surface area contributed by atoms with Crippen molar-refractivity contribution >= 4 is 23.5 Å². The lowest BCUT2D eigenvalue weighted by Crippen LogP contribution is -2.34. The van der Waals surface area contributed by atoms with Gasteiger partial charge in [0.1, 0.15) is 5.65 Å². The minimum absolute atomic E-state index is 0.0452. The van der Waals surface area contributed by atoms with Gasteiger partial charge in [-0.3, -0.25) is 19.0 Å². The lowest BCUT2D eigenvalue weighted by molar-refractivity contribution is -0.125. The Morgan fingerprint density at radius 1 is 1.28 bits per heavy atom. The zero-order chi connectivity index (χ0) is 22.7. The number of amides is 2. The minimum Gasteiger partial charge on any atom is -0.494 e. The fraction of sp³-hybridized carbons (Fsp3) is 0.565. The molecular formula is C23H29N5O4. The van der Waals surface area contributed by atoms with Crippen LogP contribution in [-0.2, 0) is 11.3 Å². The molecule has 2 unspecified atom stereocenters. The van der Waals surface area contributed by atoms with Crippen LogP contribution in [0, 0.1) is 18.8 Å². The molecule has 32 heavy (non-hydrogen) atoms. The topological polar surface area (TPSA) is 109 Å². The second-order valence-corrected chi connectivity index (χ2v) is 9.71. The van der Waals surface area contributed by atoms with E-state index in [-0.39, 0.29) is 29.3 Å². The Hall–Kier alpha value is -3.10. The Morgan fingerprint density at radius 3 is 2.62 bits per heavy atom. The Labute approximate surface area is 185 Å². The number of aromatic nitrogens is 3. The van der Waals surface area contributed by atoms with Gasteiger partial charge in [-0.25, -0.2) is 0 Å². The van der Waals surface area contributed by atoms with Crippen LogP contribution in [0.2, 0.25) is 0 Å². The molecule has 9 heteroatoms. The first-order valence-corrected chi connectivity index (χ1v) is 11.4. The van der Waals surface area contributed by atoms with E-state index < -0.39 is 11.5 Å². The number of rotatable bonds is 6. The lowest BCUT2D eigenvalue weighted by atomic mass is 10.1. The van der Waals surface area contributed by atoms with Crippen molar-refractivity contribution in [2.24, 2.45) is 11.8 Å². The summed E-state index contributed by atoms with van der Waals surface area (Å²) < 4.78 is 2.74. The molecule has 2 atom stereocenters. The van der Waals surface area contributed by atoms with Gasteiger partial charge in [0.15, 0.2) is 5.56 Å². The first-order valence-electron chi connectivity index (χ1n) is 11.4. The SMILES string of the molecule is Cc1nn2c(=O)c(C(=O)NC3CC3)c(O)n(CC(C)C)c2c1C=CC(=O)N1CCC2CC21. The molecule has 2 aliphatic carbocycles. The highest BCUT2D eigenvalue weighted by molar-refractivity contribution is 5.97. The molecule has 9 nitrogen and oxygen atoms in total. The molecular weight excluding hydrogens is 410 g/mol. The number of likely N-dealkylation sites (tertiary alicyclic amines) is 1. The van der Waals surface area contributed by atoms with Crippen LogP contribution in [-0.4, -0.2) is 54.6 Å². The molecule has 2 aromatic rings. The summed E-state index contributed by atoms with van der Waals surface area (Å²) in [6.45, 7) is 6.89. The monoisotopic (exact) mass is 439 g/mol. The lowest BCUT2D eigenvalue weighted by Gasteiger charge is -2.17. The van der Waals surface area contributed by atoms with Gasteiger partial charge in [0.2, 0.25) is 11.8 Å². The molecule has 2 N–H and O–H groups in total. The number of nitrogens with zero attached hydrogens (tertiary/aromatic N) is 4. The van der Waals surface area contributed by atoms with Crippen LogP contribution in [0.15, 0.2) is 10.9 Å². The average molecular weight is 440 g/mol. The molecule has 0 spiro atoms. The zero-order valence-electron chi connectivity index (χ0n) is 18.7. The summed E-state index contributed by atoms with van der Waals surface area (Å²) in [6.07, 6.45) is 7.10. The number of nitrogens with one attached hydrogen (secondary N) is 1. The number of hydrogen-bond acceptors (Lipinski definition) is 5. The molecule has 0 radical (unpaired) electrons. The number of piperidine rings is 1. The van der Waals surface area contributed by atoms with Gasteiger partial charge in [-0.1, -0.05) is 13.8 Å². The highest BCUT2D eigenvalue weighted by Crippen LogP contribution is 2.44. The quantitative estimate of drug-likeness (QED) is 0.666. The Balaban J connectivity index is 1.59. The van der Waals surface area contributed by atoms with Crippen molar-refractivity contribution in [2.75, 3.05) is 6.54 Å². The fourth-order valence-electron chi connectivity index (χ4n) is 4.70. The van der Waals surface area contributed by atoms with Crippen LogP contribution in [0.4, 0.5) is 0 Å². The molecule has 0 bridgehead atoms. The van der Waals surface area contributed by atoms with Gasteiger partial charge in [-0.15, -0.1) is 0 Å². The first kappa shape index (κ1) is 20.8. The van der Waals surface area contributed by atoms with Crippen LogP contribution in [0.1, 0.15) is 61.1 Å². The van der Waals surface area contributed by atoms with E-state index in [0.717, 1.165) is 32.2 Å². The summed E-state index contributed by atoms with van der Waals surface area (Å²) in [7, 11) is 0. The standard InChI is InChI=1S/C23H29N5O4/c1-12(2)11-27-21-16(6-7-18(29)26-9-8-14-10-17(14)26)13(3)25-28(21)23(32)19(22(27)31)20(30)24-15-4-5-15/h6-7,12,14-15,17,31H,4-5,8-11H2,1-3H3,(H,24,30). The molecule has 1 aliphatic heterocycles. The molecule has 2 saturated carbocycles. The predicted molar refractivity (Wildman–Crippen MR) is 118 cm³/mol. The van der Waals surface area contributed by atoms with Gasteiger partial charge >= 0.3 is 0 Å². The summed E-state index contributed by atoms with van der Waals surface area (Å²) in [4.78, 5) is 40.5. The average Bonchev–Trinajstić information content (AvgIpc) is 3.64. The number of carbonyl (C=O) groups excluding carboxylic acids is 2. The van der Waals surface area contributed by atoms with E-state index >= 15 is 0 Å². The highest BCUT2D eigenvalue weighted by Gasteiger charge is 2.48. The largest absolute Gasteiger partial charge is 0.494 e. The maximum absolute atomic E-state index is 13.2. The van der Waals surface area contributed by atoms with E-state index in [1.807, 2.05) is 18.7 Å². The molecule has 3 heterocycles. The van der Waals surface area contributed by atoms with Crippen LogP contribution in [0.3, 0.4) is 0 Å². The minimum atomic E-state index is -0.662. The number of aryl methyl sites for hydroxylation is 1. The molecule has 170 valence electrons. The first-order chi connectivity index (χ1) is 15.3. The third kappa shape index (κ3) is 3.49. The second kappa shape index (κ2) is 7.50. The van der Waals surface area contributed by atoms with E-state index in [4.69, 9.17) is 0 Å². The Kier molecular flexibility index (Phi) is 4.87. The highest BCUT2D eigenvalue weighted by atomic mass is 16.3. The summed E-state index contributed by atoms with van der Waals surface area (Å²) in [6, 6.07) is 0.420. The molecule has 0 aromatic carbocycles. The smallest absolute Gasteiger partial charge is 0.291 e. The number of aromatic hydroxyl groups is 1. The van der Waals surface area contributed by atoms with E-state index in [1.54, 1.807) is 17.6 Å². The molecule has 5 rings (SSSR count). The van der Waals surface area contributed by atoms with Crippen LogP contribution >= 0.6 is 0 Å². The normalized spacial score (nSPS) is 22.2. The second-order valence-electron chi connectivity index (χ2n) is 9.71. The maximum Gasteiger partial charge on any atom is 0.291 e. The zero-order valence-corrected chi connectivity index (χ0v) is 18.7. The van der Waals surface area contributed by atoms with Crippen molar-refractivity contribution in [1.29, 1.82) is 0 Å². The van der Waals surface area contributed by atoms with Crippen molar-refractivity contribution in [3.63, 3.8) is 0 Å². The third-order valence-electron chi connectivity index (χ3n) is 6.61. The summed E-state index contributed by atoms with van der Waals surface area (Å²) in [5.74, 6) is -0.203. The van der Waals surface area contributed by atoms with Crippen molar-refractivity contribution in [3.05, 3.63) is 33.3 Å². The Morgan fingerprint density at radius 2 is 2.03 bits per heavy atom. The summed E-state index contributed by atoms with van der Waals surface area (Å²) >= 11 is 0. The molecule has 2 amide bonds. The number of hydrogen-bond donors (Lipinski definition) is 2. The summed E-state index contributed by atoms with van der Waals surface area (Å²) in [5, 5.41) is 18.2. The number of carbonyl (C=O) groups is 2. The maximum atomic E-state index is 13.2. The summed E-state index contributed by atoms with van der Waals surface area (Å²) in [5.41, 5.74) is 0.568. The van der Waals surface area contributed by atoms with Gasteiger partial charge in [0.05, 0.1) is 5.69 Å². The fourth-order valence-corrected chi connectivity index (χ4v) is 4.70. The predicted octanol–water partition coefficient (Wildman–Crippen LogP) is 1.69. The van der Waals surface area contributed by atoms with Crippen LogP contribution < -0.4 is 10.9 Å².